The Bertz CT molecular complexity index is 582. The van der Waals surface area contributed by atoms with Gasteiger partial charge in [-0.05, 0) is 17.7 Å². The number of benzene rings is 1. The molecule has 1 aromatic rings. The monoisotopic (exact) mass is 262 g/mol. The Labute approximate surface area is 95.9 Å². The first-order valence-electron chi connectivity index (χ1n) is 4.47. The van der Waals surface area contributed by atoms with Crippen molar-refractivity contribution in [2.24, 2.45) is 9.50 Å². The number of nitrogens with zero attached hydrogens (tertiary/aromatic N) is 1. The molecule has 1 rings (SSSR count). The Morgan fingerprint density at radius 3 is 2.00 bits per heavy atom. The van der Waals surface area contributed by atoms with Crippen LogP contribution < -0.4 is 5.73 Å². The number of hydrogen-bond acceptors (Lipinski definition) is 4. The molecule has 0 aliphatic rings. The average Bonchev–Trinajstić information content (AvgIpc) is 2.14. The molecule has 1 atom stereocenters. The van der Waals surface area contributed by atoms with Gasteiger partial charge in [0.2, 0.25) is 0 Å². The molecule has 0 spiro atoms. The maximum Gasteiger partial charge on any atom is 0.258 e. The van der Waals surface area contributed by atoms with Gasteiger partial charge < -0.3 is 5.73 Å². The van der Waals surface area contributed by atoms with Crippen molar-refractivity contribution in [2.75, 3.05) is 12.5 Å². The fourth-order valence-corrected chi connectivity index (χ4v) is 4.23. The molecule has 2 N–H and O–H groups in total. The van der Waals surface area contributed by atoms with E-state index in [4.69, 9.17) is 5.73 Å². The molecule has 1 aromatic carbocycles. The summed E-state index contributed by atoms with van der Waals surface area (Å²) in [7, 11) is -6.52. The summed E-state index contributed by atoms with van der Waals surface area (Å²) < 4.78 is 37.3. The van der Waals surface area contributed by atoms with Crippen LogP contribution in [0.4, 0.5) is 0 Å². The van der Waals surface area contributed by atoms with E-state index in [9.17, 15) is 12.6 Å². The van der Waals surface area contributed by atoms with E-state index in [1.165, 1.54) is 6.26 Å². The molecule has 0 aromatic heterocycles. The third kappa shape index (κ3) is 3.58. The molecule has 0 saturated carbocycles. The average molecular weight is 262 g/mol. The molecule has 0 bridgehead atoms. The van der Waals surface area contributed by atoms with E-state index >= 15 is 0 Å². The van der Waals surface area contributed by atoms with Crippen LogP contribution in [0.3, 0.4) is 0 Å². The van der Waals surface area contributed by atoms with Crippen LogP contribution in [0.2, 0.25) is 0 Å². The van der Waals surface area contributed by atoms with Gasteiger partial charge >= 0.3 is 0 Å². The van der Waals surface area contributed by atoms with Crippen molar-refractivity contribution in [1.82, 2.24) is 0 Å². The Morgan fingerprint density at radius 2 is 1.62 bits per heavy atom. The van der Waals surface area contributed by atoms with Gasteiger partial charge in [0.25, 0.3) is 10.0 Å². The Balaban J connectivity index is 3.28. The molecule has 0 aliphatic heterocycles. The van der Waals surface area contributed by atoms with Gasteiger partial charge in [-0.25, -0.2) is 12.6 Å². The quantitative estimate of drug-likeness (QED) is 0.862. The van der Waals surface area contributed by atoms with Crippen LogP contribution in [0, 0.1) is 0 Å². The standard InChI is InChI=1S/C9H14N2O3S2/c1-15(12,11-16(2,13)14)9-5-3-8(7-10)4-6-9/h3-6H,7,10H2,1-2H3. The number of hydrogen-bond donors (Lipinski definition) is 1. The highest BCUT2D eigenvalue weighted by atomic mass is 32.3. The molecule has 0 aliphatic carbocycles. The van der Waals surface area contributed by atoms with Crippen LogP contribution in [0.5, 0.6) is 0 Å². The minimum atomic E-state index is -3.62. The molecule has 0 heterocycles. The number of nitrogens with two attached hydrogens (primary N) is 1. The van der Waals surface area contributed by atoms with Gasteiger partial charge in [0.15, 0.2) is 0 Å². The highest BCUT2D eigenvalue weighted by Gasteiger charge is 2.09. The number of sulfonamides is 1. The molecule has 0 fully saturated rings. The zero-order valence-electron chi connectivity index (χ0n) is 9.08. The van der Waals surface area contributed by atoms with Gasteiger partial charge in [-0.15, -0.1) is 3.77 Å². The molecule has 0 radical (unpaired) electrons. The summed E-state index contributed by atoms with van der Waals surface area (Å²) >= 11 is 0. The minimum Gasteiger partial charge on any atom is -0.326 e. The normalized spacial score (nSPS) is 15.4. The molecule has 5 nitrogen and oxygen atoms in total. The lowest BCUT2D eigenvalue weighted by atomic mass is 10.2. The molecule has 16 heavy (non-hydrogen) atoms. The number of rotatable bonds is 3. The van der Waals surface area contributed by atoms with Gasteiger partial charge in [0.05, 0.1) is 16.0 Å². The fraction of sp³-hybridized carbons (Fsp3) is 0.333. The smallest absolute Gasteiger partial charge is 0.258 e. The van der Waals surface area contributed by atoms with Crippen molar-refractivity contribution in [2.45, 2.75) is 11.4 Å². The van der Waals surface area contributed by atoms with Crippen molar-refractivity contribution >= 4 is 19.8 Å². The zero-order valence-corrected chi connectivity index (χ0v) is 10.7. The van der Waals surface area contributed by atoms with Crippen molar-refractivity contribution in [3.63, 3.8) is 0 Å². The second kappa shape index (κ2) is 4.52. The van der Waals surface area contributed by atoms with Crippen molar-refractivity contribution in [1.29, 1.82) is 0 Å². The molecule has 1 unspecified atom stereocenters. The van der Waals surface area contributed by atoms with E-state index in [0.29, 0.717) is 11.4 Å². The van der Waals surface area contributed by atoms with Gasteiger partial charge in [-0.3, -0.25) is 0 Å². The van der Waals surface area contributed by atoms with Crippen LogP contribution in [-0.4, -0.2) is 25.1 Å². The maximum atomic E-state index is 12.0. The molecule has 7 heteroatoms. The zero-order chi connectivity index (χ0) is 12.4. The summed E-state index contributed by atoms with van der Waals surface area (Å²) in [5.74, 6) is 0. The summed E-state index contributed by atoms with van der Waals surface area (Å²) in [6, 6.07) is 6.57. The van der Waals surface area contributed by atoms with Crippen molar-refractivity contribution < 1.29 is 12.6 Å². The molecule has 0 saturated heterocycles. The predicted molar refractivity (Wildman–Crippen MR) is 63.9 cm³/mol. The SMILES string of the molecule is CS(=O)(=O)N=S(C)(=O)c1ccc(CN)cc1. The minimum absolute atomic E-state index is 0.383. The third-order valence-corrected chi connectivity index (χ3v) is 5.24. The van der Waals surface area contributed by atoms with Gasteiger partial charge in [0, 0.05) is 17.7 Å². The summed E-state index contributed by atoms with van der Waals surface area (Å²) in [6.45, 7) is 0.383. The first-order valence-corrected chi connectivity index (χ1v) is 8.24. The van der Waals surface area contributed by atoms with Gasteiger partial charge in [-0.2, -0.15) is 0 Å². The van der Waals surface area contributed by atoms with Crippen LogP contribution in [-0.2, 0) is 26.3 Å². The van der Waals surface area contributed by atoms with E-state index in [2.05, 4.69) is 3.77 Å². The van der Waals surface area contributed by atoms with Crippen molar-refractivity contribution in [3.05, 3.63) is 29.8 Å². The third-order valence-electron chi connectivity index (χ3n) is 1.87. The van der Waals surface area contributed by atoms with E-state index in [1.807, 2.05) is 0 Å². The fourth-order valence-electron chi connectivity index (χ4n) is 1.18. The van der Waals surface area contributed by atoms with Crippen LogP contribution in [0.25, 0.3) is 0 Å². The molecular formula is C9H14N2O3S2. The maximum absolute atomic E-state index is 12.0. The predicted octanol–water partition coefficient (Wildman–Crippen LogP) is 0.562. The summed E-state index contributed by atoms with van der Waals surface area (Å²) in [6.07, 6.45) is 2.22. The summed E-state index contributed by atoms with van der Waals surface area (Å²) in [5, 5.41) is 0. The second-order valence-electron chi connectivity index (χ2n) is 3.46. The van der Waals surface area contributed by atoms with E-state index in [1.54, 1.807) is 24.3 Å². The Kier molecular flexibility index (Phi) is 3.72. The lowest BCUT2D eigenvalue weighted by Gasteiger charge is -2.04. The topological polar surface area (TPSA) is 89.6 Å². The molecular weight excluding hydrogens is 248 g/mol. The summed E-state index contributed by atoms with van der Waals surface area (Å²) in [4.78, 5) is 0.384. The van der Waals surface area contributed by atoms with Crippen LogP contribution in [0.1, 0.15) is 5.56 Å². The largest absolute Gasteiger partial charge is 0.326 e. The second-order valence-corrected chi connectivity index (χ2v) is 7.60. The first-order chi connectivity index (χ1) is 7.24. The lowest BCUT2D eigenvalue weighted by Crippen LogP contribution is -2.03. The molecule has 0 amide bonds. The van der Waals surface area contributed by atoms with Crippen LogP contribution in [0.15, 0.2) is 32.9 Å². The van der Waals surface area contributed by atoms with E-state index < -0.39 is 19.8 Å². The van der Waals surface area contributed by atoms with Gasteiger partial charge in [0.1, 0.15) is 0 Å². The first kappa shape index (κ1) is 13.1. The van der Waals surface area contributed by atoms with Crippen LogP contribution >= 0.6 is 0 Å². The highest BCUT2D eigenvalue weighted by Crippen LogP contribution is 2.13. The Hall–Kier alpha value is -0.920. The van der Waals surface area contributed by atoms with Gasteiger partial charge in [-0.1, -0.05) is 12.1 Å². The lowest BCUT2D eigenvalue weighted by molar-refractivity contribution is 0.603. The Morgan fingerprint density at radius 1 is 1.12 bits per heavy atom. The van der Waals surface area contributed by atoms with E-state index in [0.717, 1.165) is 11.8 Å². The van der Waals surface area contributed by atoms with E-state index in [-0.39, 0.29) is 0 Å². The molecule has 90 valence electrons. The summed E-state index contributed by atoms with van der Waals surface area (Å²) in [5.41, 5.74) is 6.31. The highest BCUT2D eigenvalue weighted by molar-refractivity contribution is 8.02. The van der Waals surface area contributed by atoms with Crippen molar-refractivity contribution in [3.8, 4) is 0 Å².